The molecule has 0 aromatic rings. The number of aliphatic hydroxyl groups excluding tert-OH is 1. The first-order chi connectivity index (χ1) is 51.3. The van der Waals surface area contributed by atoms with Gasteiger partial charge >= 0.3 is 39.5 Å². The Morgan fingerprint density at radius 2 is 0.481 bits per heavy atom. The molecule has 0 rings (SSSR count). The molecule has 0 fully saturated rings. The van der Waals surface area contributed by atoms with Crippen LogP contribution in [0.2, 0.25) is 0 Å². The van der Waals surface area contributed by atoms with Crippen LogP contribution in [-0.2, 0) is 65.4 Å². The number of phosphoric ester groups is 2. The van der Waals surface area contributed by atoms with Crippen molar-refractivity contribution < 1.29 is 80.2 Å². The zero-order valence-corrected chi connectivity index (χ0v) is 71.7. The highest BCUT2D eigenvalue weighted by molar-refractivity contribution is 7.47. The first kappa shape index (κ1) is 104. The number of hydrogen-bond acceptors (Lipinski definition) is 15. The molecule has 0 aliphatic heterocycles. The molecule has 0 aliphatic rings. The molecule has 0 aromatic carbocycles. The van der Waals surface area contributed by atoms with Crippen LogP contribution in [-0.4, -0.2) is 96.7 Å². The van der Waals surface area contributed by atoms with Crippen LogP contribution in [0.25, 0.3) is 0 Å². The Bertz CT molecular complexity index is 2050. The number of phosphoric acid groups is 2. The van der Waals surface area contributed by atoms with Crippen LogP contribution in [0.3, 0.4) is 0 Å². The number of unbranched alkanes of at least 4 members (excludes halogenated alkanes) is 52. The summed E-state index contributed by atoms with van der Waals surface area (Å²) in [5.74, 6) is 0.277. The number of aliphatic hydroxyl groups is 1. The smallest absolute Gasteiger partial charge is 0.462 e. The number of ether oxygens (including phenoxy) is 4. The Balaban J connectivity index is 5.26. The highest BCUT2D eigenvalue weighted by atomic mass is 31.2. The average Bonchev–Trinajstić information content (AvgIpc) is 0.900. The Kier molecular flexibility index (Phi) is 75.6. The molecule has 0 aromatic heterocycles. The molecule has 0 heterocycles. The third-order valence-electron chi connectivity index (χ3n) is 20.7. The third kappa shape index (κ3) is 78.7. The van der Waals surface area contributed by atoms with Gasteiger partial charge in [0, 0.05) is 25.7 Å². The van der Waals surface area contributed by atoms with E-state index in [1.54, 1.807) is 0 Å². The number of carbonyl (C=O) groups is 4. The van der Waals surface area contributed by atoms with Crippen molar-refractivity contribution >= 4 is 39.5 Å². The molecule has 0 spiro atoms. The Hall–Kier alpha value is -1.94. The Morgan fingerprint density at radius 3 is 0.717 bits per heavy atom. The number of rotatable bonds is 85. The summed E-state index contributed by atoms with van der Waals surface area (Å²) in [5.41, 5.74) is 0. The third-order valence-corrected chi connectivity index (χ3v) is 22.6. The van der Waals surface area contributed by atoms with Crippen LogP contribution < -0.4 is 0 Å². The van der Waals surface area contributed by atoms with Gasteiger partial charge in [0.1, 0.15) is 19.3 Å². The van der Waals surface area contributed by atoms with Gasteiger partial charge in [-0.15, -0.1) is 0 Å². The molecule has 0 aliphatic carbocycles. The van der Waals surface area contributed by atoms with Crippen LogP contribution >= 0.6 is 15.6 Å². The maximum Gasteiger partial charge on any atom is 0.472 e. The van der Waals surface area contributed by atoms with Crippen LogP contribution in [0, 0.1) is 17.8 Å². The van der Waals surface area contributed by atoms with Crippen molar-refractivity contribution in [1.82, 2.24) is 0 Å². The first-order valence-corrected chi connectivity index (χ1v) is 47.9. The van der Waals surface area contributed by atoms with Crippen molar-refractivity contribution in [2.75, 3.05) is 39.6 Å². The summed E-state index contributed by atoms with van der Waals surface area (Å²) in [5, 5.41) is 10.7. The van der Waals surface area contributed by atoms with E-state index in [1.165, 1.54) is 270 Å². The lowest BCUT2D eigenvalue weighted by atomic mass is 9.99. The van der Waals surface area contributed by atoms with Crippen molar-refractivity contribution in [2.24, 2.45) is 17.8 Å². The van der Waals surface area contributed by atoms with Crippen molar-refractivity contribution in [3.05, 3.63) is 0 Å². The zero-order chi connectivity index (χ0) is 77.9. The Morgan fingerprint density at radius 1 is 0.274 bits per heavy atom. The summed E-state index contributed by atoms with van der Waals surface area (Å²) in [6, 6.07) is 0. The SMILES string of the molecule is CCCCCCCCCCCCCCCCCCCCCCC(=O)O[C@H](COC(=O)CCCCCCCCCCCCCCCCC(C)CC)COP(=O)(O)OC[C@@H](O)COP(=O)(O)OC[C@@H](COC(=O)CCCCCCCCCCCC(C)C)OC(=O)CCCCCCCCCCCCCCCC(C)C. The molecule has 3 unspecified atom stereocenters. The first-order valence-electron chi connectivity index (χ1n) is 44.9. The maximum atomic E-state index is 13.2. The summed E-state index contributed by atoms with van der Waals surface area (Å²) < 4.78 is 69.0. The fraction of sp³-hybridized carbons (Fsp3) is 0.954. The van der Waals surface area contributed by atoms with E-state index in [9.17, 15) is 43.2 Å². The second kappa shape index (κ2) is 77.0. The van der Waals surface area contributed by atoms with E-state index in [4.69, 9.17) is 37.0 Å². The van der Waals surface area contributed by atoms with Crippen LogP contribution in [0.15, 0.2) is 0 Å². The van der Waals surface area contributed by atoms with E-state index < -0.39 is 97.5 Å². The molecule has 6 atom stereocenters. The van der Waals surface area contributed by atoms with E-state index in [1.807, 2.05) is 0 Å². The van der Waals surface area contributed by atoms with Gasteiger partial charge in [-0.05, 0) is 43.4 Å². The number of hydrogen-bond donors (Lipinski definition) is 3. The van der Waals surface area contributed by atoms with Gasteiger partial charge in [0.15, 0.2) is 12.2 Å². The van der Waals surface area contributed by atoms with Crippen molar-refractivity contribution in [3.8, 4) is 0 Å². The quantitative estimate of drug-likeness (QED) is 0.0222. The predicted octanol–water partition coefficient (Wildman–Crippen LogP) is 26.5. The fourth-order valence-electron chi connectivity index (χ4n) is 13.5. The molecule has 106 heavy (non-hydrogen) atoms. The van der Waals surface area contributed by atoms with E-state index in [-0.39, 0.29) is 25.7 Å². The minimum atomic E-state index is -4.97. The van der Waals surface area contributed by atoms with Gasteiger partial charge in [0.25, 0.3) is 0 Å². The number of esters is 4. The molecule has 0 saturated heterocycles. The molecule has 0 saturated carbocycles. The maximum absolute atomic E-state index is 13.2. The minimum absolute atomic E-state index is 0.107. The van der Waals surface area contributed by atoms with Gasteiger partial charge in [0.05, 0.1) is 26.4 Å². The lowest BCUT2D eigenvalue weighted by Crippen LogP contribution is -2.30. The molecular formula is C87H170O17P2. The second-order valence-corrected chi connectivity index (χ2v) is 35.4. The second-order valence-electron chi connectivity index (χ2n) is 32.5. The molecule has 630 valence electrons. The van der Waals surface area contributed by atoms with E-state index >= 15 is 0 Å². The largest absolute Gasteiger partial charge is 0.472 e. The highest BCUT2D eigenvalue weighted by Gasteiger charge is 2.31. The molecule has 0 amide bonds. The normalized spacial score (nSPS) is 14.1. The van der Waals surface area contributed by atoms with Crippen LogP contribution in [0.1, 0.15) is 459 Å². The summed E-state index contributed by atoms with van der Waals surface area (Å²) in [6.07, 6.45) is 68.0. The van der Waals surface area contributed by atoms with Gasteiger partial charge in [-0.3, -0.25) is 37.3 Å². The van der Waals surface area contributed by atoms with E-state index in [2.05, 4.69) is 48.5 Å². The van der Waals surface area contributed by atoms with Gasteiger partial charge in [-0.25, -0.2) is 9.13 Å². The van der Waals surface area contributed by atoms with Crippen LogP contribution in [0.4, 0.5) is 0 Å². The average molecular weight is 1550 g/mol. The van der Waals surface area contributed by atoms with Crippen LogP contribution in [0.5, 0.6) is 0 Å². The lowest BCUT2D eigenvalue weighted by molar-refractivity contribution is -0.161. The monoisotopic (exact) mass is 1550 g/mol. The molecule has 17 nitrogen and oxygen atoms in total. The summed E-state index contributed by atoms with van der Waals surface area (Å²) in [4.78, 5) is 73.3. The summed E-state index contributed by atoms with van der Waals surface area (Å²) >= 11 is 0. The molecule has 0 bridgehead atoms. The highest BCUT2D eigenvalue weighted by Crippen LogP contribution is 2.45. The van der Waals surface area contributed by atoms with Crippen molar-refractivity contribution in [2.45, 2.75) is 478 Å². The van der Waals surface area contributed by atoms with Gasteiger partial charge in [-0.2, -0.15) is 0 Å². The summed E-state index contributed by atoms with van der Waals surface area (Å²) in [6.45, 7) is 12.0. The molecular weight excluding hydrogens is 1380 g/mol. The fourth-order valence-corrected chi connectivity index (χ4v) is 15.1. The predicted molar refractivity (Wildman–Crippen MR) is 437 cm³/mol. The Labute approximate surface area is 651 Å². The van der Waals surface area contributed by atoms with Gasteiger partial charge in [-0.1, -0.05) is 408 Å². The standard InChI is InChI=1S/C87H170O17P2/c1-8-10-11-12-13-14-15-16-17-18-19-20-21-22-29-34-41-49-56-63-70-86(91)103-82(74-97-84(89)68-61-54-47-40-33-28-24-23-27-32-39-46-53-60-67-80(7)9-2)76-101-105(93,94)99-72-81(88)73-100-106(95,96)102-77-83(75-98-85(90)69-62-55-48-43-36-38-45-52-59-66-79(5)6)104-87(92)71-64-57-50-42-35-30-25-26-31-37-44-51-58-65-78(3)4/h78-83,88H,8-77H2,1-7H3,(H,93,94)(H,95,96)/t80?,81-,82-,83-/m1/s1. The van der Waals surface area contributed by atoms with E-state index in [0.29, 0.717) is 25.7 Å². The zero-order valence-electron chi connectivity index (χ0n) is 69.9. The van der Waals surface area contributed by atoms with Crippen molar-refractivity contribution in [1.29, 1.82) is 0 Å². The minimum Gasteiger partial charge on any atom is -0.462 e. The lowest BCUT2D eigenvalue weighted by Gasteiger charge is -2.21. The topological polar surface area (TPSA) is 237 Å². The summed E-state index contributed by atoms with van der Waals surface area (Å²) in [7, 11) is -9.93. The molecule has 3 N–H and O–H groups in total. The molecule has 19 heteroatoms. The van der Waals surface area contributed by atoms with Gasteiger partial charge in [0.2, 0.25) is 0 Å². The van der Waals surface area contributed by atoms with Gasteiger partial charge < -0.3 is 33.8 Å². The van der Waals surface area contributed by atoms with Crippen molar-refractivity contribution in [3.63, 3.8) is 0 Å². The number of carbonyl (C=O) groups excluding carboxylic acids is 4. The van der Waals surface area contributed by atoms with E-state index in [0.717, 1.165) is 108 Å². The molecule has 0 radical (unpaired) electrons.